The van der Waals surface area contributed by atoms with Crippen LogP contribution in [0.25, 0.3) is 0 Å². The Morgan fingerprint density at radius 2 is 0.636 bits per heavy atom. The standard InChI is InChI=1S/C88H171NO10/c1-3-5-7-9-11-13-15-17-19-20-45-48-52-56-60-64-68-72-76-84(93)97-77-73-69-65-61-57-53-49-46-43-41-39-37-35-33-31-29-27-25-23-21-22-24-26-28-30-32-34-36-38-40-42-44-47-51-55-59-63-67-71-75-83(92)89-80(79-98-88-87(96)86(95)85(94)82(78-90)99-88)81(91)74-70-66-62-58-54-50-18-16-14-12-10-8-6-4-2/h70,74,80-82,85-88,90-91,94-96H,3-69,71-73,75-79H2,1-2H3,(H,89,92)/b74-70+. The van der Waals surface area contributed by atoms with Gasteiger partial charge in [0.1, 0.15) is 24.4 Å². The average Bonchev–Trinajstić information content (AvgIpc) is 0.825. The summed E-state index contributed by atoms with van der Waals surface area (Å²) >= 11 is 0. The van der Waals surface area contributed by atoms with Crippen LogP contribution in [0.3, 0.4) is 0 Å². The van der Waals surface area contributed by atoms with Crippen molar-refractivity contribution < 1.29 is 49.3 Å². The van der Waals surface area contributed by atoms with Crippen molar-refractivity contribution in [2.45, 2.75) is 519 Å². The van der Waals surface area contributed by atoms with E-state index < -0.39 is 49.5 Å². The third kappa shape index (κ3) is 65.6. The summed E-state index contributed by atoms with van der Waals surface area (Å²) in [7, 11) is 0. The van der Waals surface area contributed by atoms with Crippen LogP contribution in [0.15, 0.2) is 12.2 Å². The van der Waals surface area contributed by atoms with Gasteiger partial charge in [-0.05, 0) is 32.1 Å². The first-order valence-corrected chi connectivity index (χ1v) is 44.5. The highest BCUT2D eigenvalue weighted by atomic mass is 16.7. The van der Waals surface area contributed by atoms with E-state index in [1.165, 1.54) is 398 Å². The third-order valence-corrected chi connectivity index (χ3v) is 21.7. The van der Waals surface area contributed by atoms with E-state index in [0.717, 1.165) is 51.4 Å². The molecular weight excluding hydrogens is 1230 g/mol. The normalized spacial score (nSPS) is 17.1. The molecule has 1 heterocycles. The second-order valence-electron chi connectivity index (χ2n) is 31.3. The van der Waals surface area contributed by atoms with E-state index in [1.54, 1.807) is 6.08 Å². The first-order valence-electron chi connectivity index (χ1n) is 44.5. The highest BCUT2D eigenvalue weighted by Crippen LogP contribution is 2.25. The second kappa shape index (κ2) is 77.5. The number of hydrogen-bond acceptors (Lipinski definition) is 10. The number of aliphatic hydroxyl groups excluding tert-OH is 5. The minimum absolute atomic E-state index is 0.0242. The second-order valence-corrected chi connectivity index (χ2v) is 31.3. The van der Waals surface area contributed by atoms with Gasteiger partial charge < -0.3 is 45.1 Å². The number of ether oxygens (including phenoxy) is 3. The van der Waals surface area contributed by atoms with E-state index in [9.17, 15) is 35.1 Å². The average molecular weight is 1400 g/mol. The number of rotatable bonds is 81. The van der Waals surface area contributed by atoms with Gasteiger partial charge in [-0.1, -0.05) is 443 Å². The van der Waals surface area contributed by atoms with Crippen LogP contribution in [-0.4, -0.2) is 100 Å². The lowest BCUT2D eigenvalue weighted by Crippen LogP contribution is -2.60. The molecule has 0 aromatic rings. The zero-order valence-corrected chi connectivity index (χ0v) is 66.0. The largest absolute Gasteiger partial charge is 0.466 e. The van der Waals surface area contributed by atoms with Crippen molar-refractivity contribution in [3.63, 3.8) is 0 Å². The molecule has 11 heteroatoms. The minimum atomic E-state index is -1.57. The fourth-order valence-electron chi connectivity index (χ4n) is 14.7. The Bertz CT molecular complexity index is 1650. The van der Waals surface area contributed by atoms with Gasteiger partial charge in [0.05, 0.1) is 32.0 Å². The summed E-state index contributed by atoms with van der Waals surface area (Å²) in [5.41, 5.74) is 0. The van der Waals surface area contributed by atoms with Crippen molar-refractivity contribution in [1.82, 2.24) is 5.32 Å². The van der Waals surface area contributed by atoms with Crippen molar-refractivity contribution in [2.24, 2.45) is 0 Å². The third-order valence-electron chi connectivity index (χ3n) is 21.7. The van der Waals surface area contributed by atoms with Gasteiger partial charge in [0.2, 0.25) is 5.91 Å². The number of hydrogen-bond donors (Lipinski definition) is 6. The molecule has 7 atom stereocenters. The molecule has 1 aliphatic rings. The lowest BCUT2D eigenvalue weighted by molar-refractivity contribution is -0.302. The van der Waals surface area contributed by atoms with Crippen LogP contribution in [0.5, 0.6) is 0 Å². The van der Waals surface area contributed by atoms with Crippen LogP contribution in [0.4, 0.5) is 0 Å². The Hall–Kier alpha value is -1.60. The Balaban J connectivity index is 1.85. The van der Waals surface area contributed by atoms with Crippen LogP contribution in [-0.2, 0) is 23.8 Å². The number of esters is 1. The number of aliphatic hydroxyl groups is 5. The molecule has 0 spiro atoms. The summed E-state index contributed by atoms with van der Waals surface area (Å²) < 4.78 is 16.8. The monoisotopic (exact) mass is 1400 g/mol. The van der Waals surface area contributed by atoms with E-state index in [4.69, 9.17) is 14.2 Å². The lowest BCUT2D eigenvalue weighted by Gasteiger charge is -2.40. The molecule has 1 rings (SSSR count). The molecular formula is C88H171NO10. The Kier molecular flexibility index (Phi) is 74.7. The van der Waals surface area contributed by atoms with Gasteiger partial charge >= 0.3 is 5.97 Å². The van der Waals surface area contributed by atoms with Crippen molar-refractivity contribution in [1.29, 1.82) is 0 Å². The Labute approximate surface area is 614 Å². The lowest BCUT2D eigenvalue weighted by atomic mass is 9.99. The van der Waals surface area contributed by atoms with Crippen LogP contribution < -0.4 is 5.32 Å². The molecule has 1 saturated heterocycles. The molecule has 99 heavy (non-hydrogen) atoms. The number of carbonyl (C=O) groups excluding carboxylic acids is 2. The van der Waals surface area contributed by atoms with Crippen molar-refractivity contribution >= 4 is 11.9 Å². The molecule has 1 amide bonds. The fourth-order valence-corrected chi connectivity index (χ4v) is 14.7. The number of unbranched alkanes of at least 4 members (excludes halogenated alkanes) is 67. The maximum Gasteiger partial charge on any atom is 0.305 e. The minimum Gasteiger partial charge on any atom is -0.466 e. The summed E-state index contributed by atoms with van der Waals surface area (Å²) in [6.07, 6.45) is 89.9. The van der Waals surface area contributed by atoms with E-state index >= 15 is 0 Å². The maximum atomic E-state index is 13.1. The van der Waals surface area contributed by atoms with Crippen LogP contribution >= 0.6 is 0 Å². The molecule has 1 fully saturated rings. The molecule has 7 unspecified atom stereocenters. The van der Waals surface area contributed by atoms with Crippen LogP contribution in [0, 0.1) is 0 Å². The summed E-state index contributed by atoms with van der Waals surface area (Å²) in [5, 5.41) is 54.7. The zero-order chi connectivity index (χ0) is 71.5. The molecule has 0 aliphatic carbocycles. The smallest absolute Gasteiger partial charge is 0.305 e. The molecule has 1 aliphatic heterocycles. The molecule has 0 saturated carbocycles. The highest BCUT2D eigenvalue weighted by Gasteiger charge is 2.44. The van der Waals surface area contributed by atoms with E-state index in [2.05, 4.69) is 19.2 Å². The zero-order valence-electron chi connectivity index (χ0n) is 66.0. The molecule has 588 valence electrons. The molecule has 0 aromatic carbocycles. The Morgan fingerprint density at radius 3 is 0.939 bits per heavy atom. The van der Waals surface area contributed by atoms with Crippen molar-refractivity contribution in [3.8, 4) is 0 Å². The quantitative estimate of drug-likeness (QED) is 0.0195. The van der Waals surface area contributed by atoms with Gasteiger partial charge in [-0.15, -0.1) is 0 Å². The SMILES string of the molecule is CCCCCCCCCCCCCC/C=C/C(O)C(COC1OC(CO)C(O)C(O)C1O)NC(=O)CCCCCCCCCCCCCCCCCCCCCCCCCCCCCCCCCCCCCCCCCOC(=O)CCCCCCCCCCCCCCCCCCCC. The number of amides is 1. The summed E-state index contributed by atoms with van der Waals surface area (Å²) in [5.74, 6) is -0.147. The van der Waals surface area contributed by atoms with Crippen molar-refractivity contribution in [3.05, 3.63) is 12.2 Å². The van der Waals surface area contributed by atoms with E-state index in [-0.39, 0.29) is 18.5 Å². The maximum absolute atomic E-state index is 13.1. The summed E-state index contributed by atoms with van der Waals surface area (Å²) in [6, 6.07) is -0.805. The van der Waals surface area contributed by atoms with Gasteiger partial charge in [0.25, 0.3) is 0 Å². The van der Waals surface area contributed by atoms with Gasteiger partial charge in [-0.3, -0.25) is 9.59 Å². The molecule has 6 N–H and O–H groups in total. The van der Waals surface area contributed by atoms with Crippen LogP contribution in [0.1, 0.15) is 476 Å². The molecule has 0 bridgehead atoms. The first-order chi connectivity index (χ1) is 48.7. The fraction of sp³-hybridized carbons (Fsp3) is 0.955. The van der Waals surface area contributed by atoms with Gasteiger partial charge in [0.15, 0.2) is 6.29 Å². The molecule has 0 radical (unpaired) electrons. The van der Waals surface area contributed by atoms with Gasteiger partial charge in [0, 0.05) is 12.8 Å². The number of nitrogens with one attached hydrogen (secondary N) is 1. The van der Waals surface area contributed by atoms with E-state index in [1.807, 2.05) is 6.08 Å². The first kappa shape index (κ1) is 95.4. The summed E-state index contributed by atoms with van der Waals surface area (Å²) in [6.45, 7) is 4.43. The number of carbonyl (C=O) groups is 2. The van der Waals surface area contributed by atoms with Gasteiger partial charge in [-0.2, -0.15) is 0 Å². The number of allylic oxidation sites excluding steroid dienone is 1. The summed E-state index contributed by atoms with van der Waals surface area (Å²) in [4.78, 5) is 25.3. The van der Waals surface area contributed by atoms with Crippen molar-refractivity contribution in [2.75, 3.05) is 19.8 Å². The Morgan fingerprint density at radius 1 is 0.364 bits per heavy atom. The predicted octanol–water partition coefficient (Wildman–Crippen LogP) is 24.9. The molecule has 11 nitrogen and oxygen atoms in total. The molecule has 0 aromatic heterocycles. The predicted molar refractivity (Wildman–Crippen MR) is 422 cm³/mol. The van der Waals surface area contributed by atoms with Gasteiger partial charge in [-0.25, -0.2) is 0 Å². The van der Waals surface area contributed by atoms with E-state index in [0.29, 0.717) is 19.4 Å². The van der Waals surface area contributed by atoms with Crippen LogP contribution in [0.2, 0.25) is 0 Å². The highest BCUT2D eigenvalue weighted by molar-refractivity contribution is 5.76. The topological polar surface area (TPSA) is 175 Å².